The first-order valence-corrected chi connectivity index (χ1v) is 7.58. The van der Waals surface area contributed by atoms with Crippen LogP contribution in [-0.4, -0.2) is 47.0 Å². The van der Waals surface area contributed by atoms with E-state index in [1.807, 2.05) is 18.2 Å². The minimum Gasteiger partial charge on any atom is -0.464 e. The monoisotopic (exact) mass is 299 g/mol. The van der Waals surface area contributed by atoms with Gasteiger partial charge in [0.2, 0.25) is 0 Å². The van der Waals surface area contributed by atoms with Gasteiger partial charge in [-0.3, -0.25) is 0 Å². The Hall–Kier alpha value is -1.08. The summed E-state index contributed by atoms with van der Waals surface area (Å²) in [5.41, 5.74) is 5.66. The van der Waals surface area contributed by atoms with Crippen LogP contribution in [0, 0.1) is 0 Å². The Morgan fingerprint density at radius 2 is 2.10 bits per heavy atom. The SMILES string of the molecule is CCOC(=O)C(N)(CSCC(O)CO)c1ccccc1. The summed E-state index contributed by atoms with van der Waals surface area (Å²) < 4.78 is 5.06. The van der Waals surface area contributed by atoms with Crippen molar-refractivity contribution >= 4 is 17.7 Å². The molecule has 0 saturated heterocycles. The zero-order chi connectivity index (χ0) is 15.0. The smallest absolute Gasteiger partial charge is 0.331 e. The quantitative estimate of drug-likeness (QED) is 0.605. The highest BCUT2D eigenvalue weighted by atomic mass is 32.2. The summed E-state index contributed by atoms with van der Waals surface area (Å²) in [6.07, 6.45) is -0.817. The van der Waals surface area contributed by atoms with Gasteiger partial charge >= 0.3 is 5.97 Å². The molecule has 4 N–H and O–H groups in total. The van der Waals surface area contributed by atoms with Crippen molar-refractivity contribution in [2.45, 2.75) is 18.6 Å². The Bertz CT molecular complexity index is 415. The van der Waals surface area contributed by atoms with Crippen molar-refractivity contribution in [3.05, 3.63) is 35.9 Å². The zero-order valence-corrected chi connectivity index (χ0v) is 12.3. The number of hydrogen-bond donors (Lipinski definition) is 3. The average molecular weight is 299 g/mol. The summed E-state index contributed by atoms with van der Waals surface area (Å²) in [6.45, 7) is 1.68. The zero-order valence-electron chi connectivity index (χ0n) is 11.5. The standard InChI is InChI=1S/C14H21NO4S/c1-2-19-13(18)14(15,10-20-9-12(17)8-16)11-6-4-3-5-7-11/h3-7,12,16-17H,2,8-10,15H2,1H3. The van der Waals surface area contributed by atoms with E-state index in [1.165, 1.54) is 11.8 Å². The Morgan fingerprint density at radius 3 is 2.65 bits per heavy atom. The molecule has 0 spiro atoms. The van der Waals surface area contributed by atoms with Crippen molar-refractivity contribution in [2.24, 2.45) is 5.73 Å². The van der Waals surface area contributed by atoms with E-state index in [0.29, 0.717) is 11.3 Å². The highest BCUT2D eigenvalue weighted by Gasteiger charge is 2.37. The number of carbonyl (C=O) groups excluding carboxylic acids is 1. The molecule has 0 fully saturated rings. The molecular formula is C14H21NO4S. The fourth-order valence-electron chi connectivity index (χ4n) is 1.66. The number of thioether (sulfide) groups is 1. The first-order valence-electron chi connectivity index (χ1n) is 6.43. The predicted octanol–water partition coefficient (Wildman–Crippen LogP) is 0.490. The topological polar surface area (TPSA) is 92.8 Å². The minimum absolute atomic E-state index is 0.258. The molecule has 0 aromatic heterocycles. The molecule has 5 nitrogen and oxygen atoms in total. The number of benzene rings is 1. The van der Waals surface area contributed by atoms with Crippen molar-refractivity contribution in [1.82, 2.24) is 0 Å². The molecule has 0 aliphatic heterocycles. The Balaban J connectivity index is 2.82. The maximum absolute atomic E-state index is 12.1. The number of aliphatic hydroxyl groups excluding tert-OH is 2. The van der Waals surface area contributed by atoms with E-state index in [2.05, 4.69) is 0 Å². The van der Waals surface area contributed by atoms with Crippen LogP contribution < -0.4 is 5.73 Å². The first kappa shape index (κ1) is 17.0. The van der Waals surface area contributed by atoms with Gasteiger partial charge in [-0.25, -0.2) is 4.79 Å². The summed E-state index contributed by atoms with van der Waals surface area (Å²) >= 11 is 1.31. The Kier molecular flexibility index (Phi) is 7.01. The summed E-state index contributed by atoms with van der Waals surface area (Å²) in [4.78, 5) is 12.1. The summed E-state index contributed by atoms with van der Waals surface area (Å²) in [7, 11) is 0. The molecule has 0 bridgehead atoms. The van der Waals surface area contributed by atoms with Gasteiger partial charge in [-0.05, 0) is 12.5 Å². The van der Waals surface area contributed by atoms with Gasteiger partial charge in [0.05, 0.1) is 19.3 Å². The van der Waals surface area contributed by atoms with Crippen LogP contribution in [0.3, 0.4) is 0 Å². The largest absolute Gasteiger partial charge is 0.464 e. The third kappa shape index (κ3) is 4.49. The highest BCUT2D eigenvalue weighted by Crippen LogP contribution is 2.25. The van der Waals surface area contributed by atoms with E-state index in [1.54, 1.807) is 19.1 Å². The number of hydrogen-bond acceptors (Lipinski definition) is 6. The van der Waals surface area contributed by atoms with Crippen LogP contribution in [0.25, 0.3) is 0 Å². The molecule has 2 atom stereocenters. The van der Waals surface area contributed by atoms with Crippen molar-refractivity contribution in [2.75, 3.05) is 24.7 Å². The molecule has 0 saturated carbocycles. The third-order valence-corrected chi connectivity index (χ3v) is 4.06. The predicted molar refractivity (Wildman–Crippen MR) is 79.4 cm³/mol. The van der Waals surface area contributed by atoms with Gasteiger partial charge in [0.1, 0.15) is 5.54 Å². The summed E-state index contributed by atoms with van der Waals surface area (Å²) in [5.74, 6) is 0.0893. The molecule has 0 amide bonds. The van der Waals surface area contributed by atoms with E-state index in [0.717, 1.165) is 0 Å². The van der Waals surface area contributed by atoms with Gasteiger partial charge in [-0.2, -0.15) is 11.8 Å². The maximum Gasteiger partial charge on any atom is 0.331 e. The normalized spacial score (nSPS) is 15.4. The molecule has 112 valence electrons. The number of aliphatic hydroxyl groups is 2. The Labute approximate surface area is 123 Å². The molecule has 1 aromatic rings. The average Bonchev–Trinajstić information content (AvgIpc) is 2.47. The number of rotatable bonds is 8. The highest BCUT2D eigenvalue weighted by molar-refractivity contribution is 7.99. The lowest BCUT2D eigenvalue weighted by molar-refractivity contribution is -0.149. The van der Waals surface area contributed by atoms with Gasteiger partial charge in [-0.1, -0.05) is 30.3 Å². The number of ether oxygens (including phenoxy) is 1. The van der Waals surface area contributed by atoms with Gasteiger partial charge < -0.3 is 20.7 Å². The molecule has 0 heterocycles. The first-order chi connectivity index (χ1) is 9.54. The molecular weight excluding hydrogens is 278 g/mol. The van der Waals surface area contributed by atoms with Crippen LogP contribution in [0.2, 0.25) is 0 Å². The summed E-state index contributed by atoms with van der Waals surface area (Å²) in [6, 6.07) is 9.02. The molecule has 0 radical (unpaired) electrons. The number of carbonyl (C=O) groups is 1. The second-order valence-electron chi connectivity index (χ2n) is 4.41. The molecule has 20 heavy (non-hydrogen) atoms. The van der Waals surface area contributed by atoms with Crippen LogP contribution in [0.15, 0.2) is 30.3 Å². The van der Waals surface area contributed by atoms with Crippen molar-refractivity contribution in [3.8, 4) is 0 Å². The fourth-order valence-corrected chi connectivity index (χ4v) is 2.77. The third-order valence-electron chi connectivity index (χ3n) is 2.78. The maximum atomic E-state index is 12.1. The van der Waals surface area contributed by atoms with Crippen LogP contribution in [0.4, 0.5) is 0 Å². The van der Waals surface area contributed by atoms with Crippen LogP contribution in [-0.2, 0) is 15.1 Å². The van der Waals surface area contributed by atoms with E-state index in [4.69, 9.17) is 15.6 Å². The number of esters is 1. The van der Waals surface area contributed by atoms with Gasteiger partial charge in [0.25, 0.3) is 0 Å². The lowest BCUT2D eigenvalue weighted by Crippen LogP contribution is -2.48. The lowest BCUT2D eigenvalue weighted by atomic mass is 9.93. The van der Waals surface area contributed by atoms with Crippen LogP contribution in [0.1, 0.15) is 12.5 Å². The van der Waals surface area contributed by atoms with Crippen molar-refractivity contribution in [1.29, 1.82) is 0 Å². The lowest BCUT2D eigenvalue weighted by Gasteiger charge is -2.27. The van der Waals surface area contributed by atoms with E-state index < -0.39 is 17.6 Å². The van der Waals surface area contributed by atoms with Gasteiger partial charge in [-0.15, -0.1) is 0 Å². The van der Waals surface area contributed by atoms with Crippen LogP contribution in [0.5, 0.6) is 0 Å². The molecule has 1 aromatic carbocycles. The van der Waals surface area contributed by atoms with E-state index in [9.17, 15) is 9.90 Å². The minimum atomic E-state index is -1.25. The van der Waals surface area contributed by atoms with E-state index >= 15 is 0 Å². The second kappa shape index (κ2) is 8.26. The van der Waals surface area contributed by atoms with Crippen molar-refractivity contribution in [3.63, 3.8) is 0 Å². The van der Waals surface area contributed by atoms with Crippen molar-refractivity contribution < 1.29 is 19.7 Å². The fraction of sp³-hybridized carbons (Fsp3) is 0.500. The summed E-state index contributed by atoms with van der Waals surface area (Å²) in [5, 5.41) is 18.1. The molecule has 0 aliphatic carbocycles. The van der Waals surface area contributed by atoms with E-state index in [-0.39, 0.29) is 19.0 Å². The number of nitrogens with two attached hydrogens (primary N) is 1. The molecule has 6 heteroatoms. The molecule has 2 unspecified atom stereocenters. The molecule has 0 aliphatic rings. The second-order valence-corrected chi connectivity index (χ2v) is 5.44. The Morgan fingerprint density at radius 1 is 1.45 bits per heavy atom. The van der Waals surface area contributed by atoms with Gasteiger partial charge in [0.15, 0.2) is 0 Å². The molecule has 1 rings (SSSR count). The van der Waals surface area contributed by atoms with Gasteiger partial charge in [0, 0.05) is 11.5 Å². The van der Waals surface area contributed by atoms with Crippen LogP contribution >= 0.6 is 11.8 Å².